The molecule has 1 aliphatic rings. The fraction of sp³-hybridized carbons (Fsp3) is 0.250. The van der Waals surface area contributed by atoms with Crippen LogP contribution in [0.5, 0.6) is 17.4 Å². The van der Waals surface area contributed by atoms with Gasteiger partial charge < -0.3 is 24.3 Å². The maximum absolute atomic E-state index is 12.9. The van der Waals surface area contributed by atoms with Gasteiger partial charge in [0.15, 0.2) is 11.5 Å². The summed E-state index contributed by atoms with van der Waals surface area (Å²) >= 11 is 0. The second-order valence-electron chi connectivity index (χ2n) is 7.49. The van der Waals surface area contributed by atoms with Gasteiger partial charge in [-0.2, -0.15) is 0 Å². The number of carbonyl (C=O) groups is 1. The molecule has 2 heterocycles. The first-order valence-corrected chi connectivity index (χ1v) is 12.4. The Labute approximate surface area is 203 Å². The first-order valence-electron chi connectivity index (χ1n) is 10.9. The van der Waals surface area contributed by atoms with E-state index in [1.54, 1.807) is 31.5 Å². The molecule has 0 aliphatic carbocycles. The lowest BCUT2D eigenvalue weighted by atomic mass is 10.2. The number of rotatable bonds is 9. The number of pyridine rings is 1. The summed E-state index contributed by atoms with van der Waals surface area (Å²) in [5, 5.41) is 2.75. The van der Waals surface area contributed by atoms with Gasteiger partial charge in [0.25, 0.3) is 15.9 Å². The normalized spacial score (nSPS) is 12.9. The number of nitrogens with zero attached hydrogens (tertiary/aromatic N) is 1. The molecule has 2 N–H and O–H groups in total. The molecule has 2 aromatic carbocycles. The van der Waals surface area contributed by atoms with Gasteiger partial charge in [-0.25, -0.2) is 13.4 Å². The van der Waals surface area contributed by atoms with Crippen LogP contribution in [-0.2, 0) is 14.8 Å². The average molecular weight is 500 g/mol. The quantitative estimate of drug-likeness (QED) is 0.430. The molecule has 0 saturated carbocycles. The zero-order valence-corrected chi connectivity index (χ0v) is 19.8. The topological polar surface area (TPSA) is 125 Å². The number of hydrogen-bond acceptors (Lipinski definition) is 8. The Hall–Kier alpha value is -3.83. The number of amides is 1. The van der Waals surface area contributed by atoms with Crippen molar-refractivity contribution < 1.29 is 32.2 Å². The molecule has 10 nitrogen and oxygen atoms in total. The van der Waals surface area contributed by atoms with Gasteiger partial charge in [-0.3, -0.25) is 9.52 Å². The summed E-state index contributed by atoms with van der Waals surface area (Å²) in [6, 6.07) is 13.9. The fourth-order valence-electron chi connectivity index (χ4n) is 3.23. The molecule has 3 aromatic rings. The van der Waals surface area contributed by atoms with E-state index in [-0.39, 0.29) is 17.4 Å². The summed E-state index contributed by atoms with van der Waals surface area (Å²) in [7, 11) is -2.32. The number of sulfonamides is 1. The third-order valence-corrected chi connectivity index (χ3v) is 6.35. The Morgan fingerprint density at radius 2 is 1.80 bits per heavy atom. The lowest BCUT2D eigenvalue weighted by Gasteiger charge is -2.12. The van der Waals surface area contributed by atoms with Crippen molar-refractivity contribution in [3.8, 4) is 17.4 Å². The number of benzene rings is 2. The molecule has 1 amide bonds. The van der Waals surface area contributed by atoms with E-state index in [0.717, 1.165) is 6.42 Å². The van der Waals surface area contributed by atoms with E-state index in [9.17, 15) is 13.2 Å². The number of carbonyl (C=O) groups excluding carboxylic acids is 1. The third-order valence-electron chi connectivity index (χ3n) is 4.97. The number of hydrogen-bond donors (Lipinski definition) is 2. The molecule has 0 saturated heterocycles. The van der Waals surface area contributed by atoms with Crippen LogP contribution in [0, 0.1) is 0 Å². The minimum absolute atomic E-state index is 0.0427. The molecular formula is C24H25N3O7S. The second-order valence-corrected chi connectivity index (χ2v) is 9.18. The Bertz CT molecular complexity index is 1280. The molecule has 0 radical (unpaired) electrons. The Kier molecular flexibility index (Phi) is 7.68. The van der Waals surface area contributed by atoms with Crippen molar-refractivity contribution >= 4 is 27.3 Å². The SMILES string of the molecule is COCCOc1ncccc1NC(=O)c1ccc(NS(=O)(=O)c2ccc3c(c2)OCCCO3)cc1. The van der Waals surface area contributed by atoms with Gasteiger partial charge in [0.1, 0.15) is 12.3 Å². The number of anilines is 2. The van der Waals surface area contributed by atoms with Crippen LogP contribution >= 0.6 is 0 Å². The van der Waals surface area contributed by atoms with Crippen molar-refractivity contribution in [2.24, 2.45) is 0 Å². The van der Waals surface area contributed by atoms with Gasteiger partial charge in [0.05, 0.1) is 24.7 Å². The summed E-state index contributed by atoms with van der Waals surface area (Å²) < 4.78 is 49.9. The van der Waals surface area contributed by atoms with Gasteiger partial charge in [0, 0.05) is 37.0 Å². The van der Waals surface area contributed by atoms with Crippen molar-refractivity contribution in [1.82, 2.24) is 4.98 Å². The lowest BCUT2D eigenvalue weighted by Crippen LogP contribution is -2.15. The van der Waals surface area contributed by atoms with Crippen LogP contribution in [0.25, 0.3) is 0 Å². The summed E-state index contributed by atoms with van der Waals surface area (Å²) in [5.41, 5.74) is 1.04. The summed E-state index contributed by atoms with van der Waals surface area (Å²) in [4.78, 5) is 16.9. The highest BCUT2D eigenvalue weighted by molar-refractivity contribution is 7.92. The third kappa shape index (κ3) is 6.19. The van der Waals surface area contributed by atoms with E-state index in [1.165, 1.54) is 36.4 Å². The van der Waals surface area contributed by atoms with Crippen LogP contribution in [0.3, 0.4) is 0 Å². The molecule has 0 spiro atoms. The van der Waals surface area contributed by atoms with Crippen molar-refractivity contribution in [2.75, 3.05) is 43.6 Å². The van der Waals surface area contributed by atoms with E-state index in [2.05, 4.69) is 15.0 Å². The number of aromatic nitrogens is 1. The van der Waals surface area contributed by atoms with E-state index in [1.807, 2.05) is 0 Å². The molecule has 184 valence electrons. The van der Waals surface area contributed by atoms with Gasteiger partial charge >= 0.3 is 0 Å². The van der Waals surface area contributed by atoms with E-state index >= 15 is 0 Å². The molecule has 35 heavy (non-hydrogen) atoms. The highest BCUT2D eigenvalue weighted by Gasteiger charge is 2.19. The van der Waals surface area contributed by atoms with Crippen LogP contribution in [0.2, 0.25) is 0 Å². The van der Waals surface area contributed by atoms with Crippen LogP contribution in [0.1, 0.15) is 16.8 Å². The van der Waals surface area contributed by atoms with Crippen LogP contribution in [0.15, 0.2) is 65.7 Å². The summed E-state index contributed by atoms with van der Waals surface area (Å²) in [6.07, 6.45) is 2.28. The summed E-state index contributed by atoms with van der Waals surface area (Å²) in [5.74, 6) is 0.778. The van der Waals surface area contributed by atoms with Crippen molar-refractivity contribution in [2.45, 2.75) is 11.3 Å². The first-order chi connectivity index (χ1) is 17.0. The first kappa shape index (κ1) is 24.3. The lowest BCUT2D eigenvalue weighted by molar-refractivity contribution is 0.102. The minimum Gasteiger partial charge on any atom is -0.490 e. The largest absolute Gasteiger partial charge is 0.490 e. The molecule has 1 aliphatic heterocycles. The van der Waals surface area contributed by atoms with E-state index in [4.69, 9.17) is 18.9 Å². The molecular weight excluding hydrogens is 474 g/mol. The zero-order chi connectivity index (χ0) is 24.7. The number of ether oxygens (including phenoxy) is 4. The molecule has 0 unspecified atom stereocenters. The minimum atomic E-state index is -3.88. The molecule has 11 heteroatoms. The number of methoxy groups -OCH3 is 1. The Balaban J connectivity index is 1.43. The maximum Gasteiger partial charge on any atom is 0.262 e. The zero-order valence-electron chi connectivity index (χ0n) is 19.0. The van der Waals surface area contributed by atoms with E-state index in [0.29, 0.717) is 48.3 Å². The van der Waals surface area contributed by atoms with Crippen LogP contribution in [0.4, 0.5) is 11.4 Å². The standard InChI is InChI=1S/C24H25N3O7S/c1-31-14-15-34-24-20(4-2-11-25-24)26-23(28)17-5-7-18(8-6-17)27-35(29,30)19-9-10-21-22(16-19)33-13-3-12-32-21/h2,4-11,16,27H,3,12-15H2,1H3,(H,26,28). The summed E-state index contributed by atoms with van der Waals surface area (Å²) in [6.45, 7) is 1.63. The molecule has 0 atom stereocenters. The highest BCUT2D eigenvalue weighted by Crippen LogP contribution is 2.32. The molecule has 4 rings (SSSR count). The molecule has 0 fully saturated rings. The highest BCUT2D eigenvalue weighted by atomic mass is 32.2. The van der Waals surface area contributed by atoms with Crippen molar-refractivity contribution in [3.05, 3.63) is 66.4 Å². The predicted molar refractivity (Wildman–Crippen MR) is 129 cm³/mol. The Morgan fingerprint density at radius 1 is 1.03 bits per heavy atom. The van der Waals surface area contributed by atoms with Crippen LogP contribution < -0.4 is 24.2 Å². The number of fused-ring (bicyclic) bond motifs is 1. The fourth-order valence-corrected chi connectivity index (χ4v) is 4.31. The van der Waals surface area contributed by atoms with Gasteiger partial charge in [-0.15, -0.1) is 0 Å². The predicted octanol–water partition coefficient (Wildman–Crippen LogP) is 3.32. The van der Waals surface area contributed by atoms with Crippen molar-refractivity contribution in [1.29, 1.82) is 0 Å². The average Bonchev–Trinajstić information content (AvgIpc) is 3.10. The van der Waals surface area contributed by atoms with Crippen molar-refractivity contribution in [3.63, 3.8) is 0 Å². The maximum atomic E-state index is 12.9. The Morgan fingerprint density at radius 3 is 2.57 bits per heavy atom. The number of nitrogens with one attached hydrogen (secondary N) is 2. The molecule has 0 bridgehead atoms. The molecule has 1 aromatic heterocycles. The van der Waals surface area contributed by atoms with Crippen LogP contribution in [-0.4, -0.2) is 52.8 Å². The smallest absolute Gasteiger partial charge is 0.262 e. The van der Waals surface area contributed by atoms with Gasteiger partial charge in [-0.1, -0.05) is 0 Å². The monoisotopic (exact) mass is 499 g/mol. The van der Waals surface area contributed by atoms with E-state index < -0.39 is 15.9 Å². The second kappa shape index (κ2) is 11.1. The van der Waals surface area contributed by atoms with Gasteiger partial charge in [0.2, 0.25) is 5.88 Å². The van der Waals surface area contributed by atoms with Gasteiger partial charge in [-0.05, 0) is 48.5 Å².